The first-order chi connectivity index (χ1) is 20.2. The molecular formula is C32H51F2IO7. The summed E-state index contributed by atoms with van der Waals surface area (Å²) in [5.41, 5.74) is -1.59. The molecule has 0 aromatic carbocycles. The van der Waals surface area contributed by atoms with Gasteiger partial charge in [-0.05, 0) is 64.7 Å². The smallest absolute Gasteiger partial charge is 0.305 e. The third-order valence-electron chi connectivity index (χ3n) is 9.25. The van der Waals surface area contributed by atoms with Gasteiger partial charge in [-0.2, -0.15) is 0 Å². The quantitative estimate of drug-likeness (QED) is 0.0772. The molecule has 42 heavy (non-hydrogen) atoms. The van der Waals surface area contributed by atoms with E-state index in [2.05, 4.69) is 22.6 Å². The Labute approximate surface area is 264 Å². The zero-order chi connectivity index (χ0) is 30.1. The Morgan fingerprint density at radius 2 is 1.83 bits per heavy atom. The number of hydrogen-bond donors (Lipinski definition) is 0. The molecule has 4 aliphatic rings. The summed E-state index contributed by atoms with van der Waals surface area (Å²) in [7, 11) is 1.38. The van der Waals surface area contributed by atoms with Crippen molar-refractivity contribution in [2.24, 2.45) is 11.8 Å². The van der Waals surface area contributed by atoms with E-state index in [1.54, 1.807) is 13.0 Å². The van der Waals surface area contributed by atoms with Gasteiger partial charge in [0.05, 0.1) is 19.3 Å². The van der Waals surface area contributed by atoms with E-state index in [0.717, 1.165) is 51.4 Å². The van der Waals surface area contributed by atoms with Crippen molar-refractivity contribution in [2.45, 2.75) is 150 Å². The van der Waals surface area contributed by atoms with Crippen LogP contribution in [0.1, 0.15) is 97.3 Å². The van der Waals surface area contributed by atoms with Gasteiger partial charge in [0.1, 0.15) is 24.0 Å². The third kappa shape index (κ3) is 9.31. The molecule has 4 fully saturated rings. The second-order valence-corrected chi connectivity index (χ2v) is 14.1. The number of ether oxygens (including phenoxy) is 6. The van der Waals surface area contributed by atoms with E-state index in [4.69, 9.17) is 28.4 Å². The van der Waals surface area contributed by atoms with Crippen molar-refractivity contribution < 1.29 is 42.0 Å². The molecule has 1 saturated carbocycles. The summed E-state index contributed by atoms with van der Waals surface area (Å²) >= 11 is 2.25. The highest BCUT2D eigenvalue weighted by molar-refractivity contribution is 14.1. The Hall–Kier alpha value is -0.400. The van der Waals surface area contributed by atoms with Crippen LogP contribution < -0.4 is 0 Å². The molecule has 0 radical (unpaired) electrons. The van der Waals surface area contributed by atoms with Gasteiger partial charge in [0.15, 0.2) is 12.6 Å². The largest absolute Gasteiger partial charge is 0.469 e. The van der Waals surface area contributed by atoms with Crippen LogP contribution in [0.4, 0.5) is 8.78 Å². The Balaban J connectivity index is 1.51. The minimum Gasteiger partial charge on any atom is -0.469 e. The van der Waals surface area contributed by atoms with Gasteiger partial charge in [-0.1, -0.05) is 54.5 Å². The molecule has 10 heteroatoms. The maximum atomic E-state index is 16.3. The first kappa shape index (κ1) is 34.5. The molecule has 3 heterocycles. The molecule has 3 saturated heterocycles. The average molecular weight is 713 g/mol. The summed E-state index contributed by atoms with van der Waals surface area (Å²) in [5, 5.41) is 0. The van der Waals surface area contributed by atoms with Crippen LogP contribution >= 0.6 is 22.6 Å². The van der Waals surface area contributed by atoms with Crippen molar-refractivity contribution in [3.8, 4) is 0 Å². The maximum Gasteiger partial charge on any atom is 0.305 e. The number of halogens is 3. The van der Waals surface area contributed by atoms with E-state index in [1.807, 2.05) is 13.0 Å². The lowest BCUT2D eigenvalue weighted by Gasteiger charge is -2.34. The summed E-state index contributed by atoms with van der Waals surface area (Å²) in [4.78, 5) is 11.6. The molecule has 242 valence electrons. The Morgan fingerprint density at radius 1 is 1.12 bits per heavy atom. The molecule has 0 amide bonds. The van der Waals surface area contributed by atoms with Crippen LogP contribution in [0, 0.1) is 11.8 Å². The second kappa shape index (κ2) is 16.8. The third-order valence-corrected chi connectivity index (χ3v) is 10.6. The first-order valence-electron chi connectivity index (χ1n) is 16.1. The van der Waals surface area contributed by atoms with Gasteiger partial charge in [0, 0.05) is 41.8 Å². The van der Waals surface area contributed by atoms with E-state index >= 15 is 8.78 Å². The SMILES string of the molecule is CCCCC(C)(F)[C@@H](/C=C/[C@@H]1[C@H]2C(F)C(C(I)CCCC(=O)OC)O[C@H]2C[C@H]1OC1CCCCO1)OC1CCCCO1. The number of unbranched alkanes of at least 4 members (excludes halogenated alkanes) is 1. The van der Waals surface area contributed by atoms with Crippen LogP contribution in [-0.2, 0) is 33.2 Å². The number of rotatable bonds is 15. The maximum absolute atomic E-state index is 16.3. The topological polar surface area (TPSA) is 72.5 Å². The minimum atomic E-state index is -1.59. The number of carbonyl (C=O) groups is 1. The normalized spacial score (nSPS) is 36.4. The van der Waals surface area contributed by atoms with Gasteiger partial charge in [0.25, 0.3) is 0 Å². The highest BCUT2D eigenvalue weighted by Crippen LogP contribution is 2.49. The van der Waals surface area contributed by atoms with Crippen LogP contribution in [-0.4, -0.2) is 79.1 Å². The van der Waals surface area contributed by atoms with E-state index in [0.29, 0.717) is 45.3 Å². The Bertz CT molecular complexity index is 849. The predicted molar refractivity (Wildman–Crippen MR) is 164 cm³/mol. The molecule has 1 aliphatic carbocycles. The summed E-state index contributed by atoms with van der Waals surface area (Å²) in [6.45, 7) is 4.92. The van der Waals surface area contributed by atoms with Crippen LogP contribution in [0.2, 0.25) is 0 Å². The number of methoxy groups -OCH3 is 1. The molecular weight excluding hydrogens is 661 g/mol. The molecule has 0 aromatic rings. The summed E-state index contributed by atoms with van der Waals surface area (Å²) < 4.78 is 67.8. The van der Waals surface area contributed by atoms with Crippen molar-refractivity contribution in [3.63, 3.8) is 0 Å². The van der Waals surface area contributed by atoms with E-state index < -0.39 is 36.3 Å². The van der Waals surface area contributed by atoms with Crippen molar-refractivity contribution in [1.82, 2.24) is 0 Å². The van der Waals surface area contributed by atoms with Gasteiger partial charge in [-0.15, -0.1) is 0 Å². The summed E-state index contributed by atoms with van der Waals surface area (Å²) in [6, 6.07) is 0. The molecule has 0 spiro atoms. The summed E-state index contributed by atoms with van der Waals surface area (Å²) in [5.74, 6) is -0.978. The zero-order valence-corrected chi connectivity index (χ0v) is 27.7. The van der Waals surface area contributed by atoms with Gasteiger partial charge in [-0.3, -0.25) is 4.79 Å². The van der Waals surface area contributed by atoms with Crippen LogP contribution in [0.5, 0.6) is 0 Å². The van der Waals surface area contributed by atoms with Gasteiger partial charge in [0.2, 0.25) is 0 Å². The monoisotopic (exact) mass is 712 g/mol. The molecule has 6 unspecified atom stereocenters. The van der Waals surface area contributed by atoms with Gasteiger partial charge >= 0.3 is 5.97 Å². The van der Waals surface area contributed by atoms with Gasteiger partial charge in [-0.25, -0.2) is 8.78 Å². The van der Waals surface area contributed by atoms with E-state index in [1.165, 1.54) is 7.11 Å². The number of carbonyl (C=O) groups excluding carboxylic acids is 1. The molecule has 0 aromatic heterocycles. The number of esters is 1. The van der Waals surface area contributed by atoms with Crippen LogP contribution in [0.3, 0.4) is 0 Å². The number of alkyl halides is 3. The van der Waals surface area contributed by atoms with E-state index in [9.17, 15) is 4.79 Å². The lowest BCUT2D eigenvalue weighted by atomic mass is 9.86. The highest BCUT2D eigenvalue weighted by atomic mass is 127. The second-order valence-electron chi connectivity index (χ2n) is 12.5. The van der Waals surface area contributed by atoms with E-state index in [-0.39, 0.29) is 34.3 Å². The van der Waals surface area contributed by atoms with Crippen LogP contribution in [0.15, 0.2) is 12.2 Å². The molecule has 11 atom stereocenters. The number of fused-ring (bicyclic) bond motifs is 1. The first-order valence-corrected chi connectivity index (χ1v) is 17.4. The lowest BCUT2D eigenvalue weighted by molar-refractivity contribution is -0.202. The standard InChI is InChI=1S/C32H51F2IO7/c1-4-5-17-32(2,34)25(42-28-14-7-9-19-39-28)16-15-21-23(40-27-13-6-8-18-38-27)20-24-29(21)30(33)31(41-24)22(35)11-10-12-26(36)37-3/h15-16,21-25,27-31H,4-14,17-20H2,1-3H3/b16-15+/t21-,22?,23+,24-,25+,27?,28?,29+,30?,31?,32?/m0/s1. The Morgan fingerprint density at radius 3 is 2.48 bits per heavy atom. The van der Waals surface area contributed by atoms with Crippen molar-refractivity contribution in [2.75, 3.05) is 20.3 Å². The fraction of sp³-hybridized carbons (Fsp3) is 0.906. The highest BCUT2D eigenvalue weighted by Gasteiger charge is 2.57. The molecule has 4 rings (SSSR count). The molecule has 0 N–H and O–H groups in total. The predicted octanol–water partition coefficient (Wildman–Crippen LogP) is 7.17. The molecule has 0 bridgehead atoms. The summed E-state index contributed by atoms with van der Waals surface area (Å²) in [6.07, 6.45) is 9.51. The lowest BCUT2D eigenvalue weighted by Crippen LogP contribution is -2.40. The fourth-order valence-electron chi connectivity index (χ4n) is 6.77. The average Bonchev–Trinajstić information content (AvgIpc) is 3.50. The molecule has 3 aliphatic heterocycles. The van der Waals surface area contributed by atoms with Crippen LogP contribution in [0.25, 0.3) is 0 Å². The van der Waals surface area contributed by atoms with Gasteiger partial charge < -0.3 is 28.4 Å². The molecule has 7 nitrogen and oxygen atoms in total. The van der Waals surface area contributed by atoms with Crippen molar-refractivity contribution in [1.29, 1.82) is 0 Å². The van der Waals surface area contributed by atoms with Crippen molar-refractivity contribution in [3.05, 3.63) is 12.2 Å². The van der Waals surface area contributed by atoms with Crippen molar-refractivity contribution >= 4 is 28.6 Å². The number of hydrogen-bond acceptors (Lipinski definition) is 7. The fourth-order valence-corrected chi connectivity index (χ4v) is 7.77. The minimum absolute atomic E-state index is 0.0822. The Kier molecular flexibility index (Phi) is 13.8. The zero-order valence-electron chi connectivity index (χ0n) is 25.5.